The maximum Gasteiger partial charge on any atom is 0.416 e. The minimum Gasteiger partial charge on any atom is -0.369 e. The first-order valence-corrected chi connectivity index (χ1v) is 10.3. The molecule has 0 atom stereocenters. The molecule has 0 bridgehead atoms. The third kappa shape index (κ3) is 5.01. The predicted molar refractivity (Wildman–Crippen MR) is 98.6 cm³/mol. The Morgan fingerprint density at radius 1 is 0.889 bits per heavy atom. The van der Waals surface area contributed by atoms with Crippen LogP contribution >= 0.6 is 0 Å². The number of hydrogen-bond acceptors (Lipinski definition) is 4. The van der Waals surface area contributed by atoms with E-state index in [9.17, 15) is 21.6 Å². The second-order valence-electron chi connectivity index (χ2n) is 6.51. The van der Waals surface area contributed by atoms with Crippen molar-refractivity contribution in [2.75, 3.05) is 43.4 Å². The number of rotatable bonds is 5. The molecule has 0 aliphatic carbocycles. The molecule has 2 aromatic carbocycles. The maximum absolute atomic E-state index is 12.9. The highest BCUT2D eigenvalue weighted by atomic mass is 32.2. The SMILES string of the molecule is O=S(=O)(CCN1CCN(c2cccc(C(F)(F)F)c2)CC1)c1ccccc1. The Kier molecular flexibility index (Phi) is 5.76. The molecule has 1 aliphatic heterocycles. The van der Waals surface area contributed by atoms with Gasteiger partial charge in [-0.3, -0.25) is 4.90 Å². The molecule has 27 heavy (non-hydrogen) atoms. The highest BCUT2D eigenvalue weighted by molar-refractivity contribution is 7.91. The molecule has 1 heterocycles. The van der Waals surface area contributed by atoms with E-state index in [1.54, 1.807) is 36.4 Å². The Bertz CT molecular complexity index is 862. The fraction of sp³-hybridized carbons (Fsp3) is 0.368. The summed E-state index contributed by atoms with van der Waals surface area (Å²) in [5.74, 6) is 0.0283. The number of halogens is 3. The van der Waals surface area contributed by atoms with E-state index in [0.29, 0.717) is 43.3 Å². The van der Waals surface area contributed by atoms with E-state index in [1.807, 2.05) is 9.80 Å². The summed E-state index contributed by atoms with van der Waals surface area (Å²) < 4.78 is 63.3. The van der Waals surface area contributed by atoms with Gasteiger partial charge in [-0.05, 0) is 30.3 Å². The molecule has 1 saturated heterocycles. The van der Waals surface area contributed by atoms with Gasteiger partial charge in [-0.15, -0.1) is 0 Å². The number of nitrogens with zero attached hydrogens (tertiary/aromatic N) is 2. The van der Waals surface area contributed by atoms with Crippen LogP contribution in [0.4, 0.5) is 18.9 Å². The largest absolute Gasteiger partial charge is 0.416 e. The monoisotopic (exact) mass is 398 g/mol. The van der Waals surface area contributed by atoms with Crippen molar-refractivity contribution in [3.05, 3.63) is 60.2 Å². The van der Waals surface area contributed by atoms with E-state index in [4.69, 9.17) is 0 Å². The number of benzene rings is 2. The van der Waals surface area contributed by atoms with Gasteiger partial charge in [0.25, 0.3) is 0 Å². The van der Waals surface area contributed by atoms with E-state index < -0.39 is 21.6 Å². The van der Waals surface area contributed by atoms with Gasteiger partial charge in [0.15, 0.2) is 9.84 Å². The van der Waals surface area contributed by atoms with E-state index >= 15 is 0 Å². The van der Waals surface area contributed by atoms with Crippen molar-refractivity contribution < 1.29 is 21.6 Å². The normalized spacial score (nSPS) is 16.5. The van der Waals surface area contributed by atoms with Crippen LogP contribution in [0.25, 0.3) is 0 Å². The molecule has 0 spiro atoms. The Balaban J connectivity index is 1.55. The van der Waals surface area contributed by atoms with Gasteiger partial charge in [-0.2, -0.15) is 13.2 Å². The fourth-order valence-corrected chi connectivity index (χ4v) is 4.41. The van der Waals surface area contributed by atoms with Gasteiger partial charge in [0, 0.05) is 38.4 Å². The van der Waals surface area contributed by atoms with Crippen LogP contribution in [0.3, 0.4) is 0 Å². The average Bonchev–Trinajstić information content (AvgIpc) is 2.67. The molecule has 1 fully saturated rings. The van der Waals surface area contributed by atoms with Gasteiger partial charge in [0.05, 0.1) is 16.2 Å². The fourth-order valence-electron chi connectivity index (χ4n) is 3.10. The quantitative estimate of drug-likeness (QED) is 0.775. The van der Waals surface area contributed by atoms with Crippen molar-refractivity contribution in [2.45, 2.75) is 11.1 Å². The molecule has 0 saturated carbocycles. The van der Waals surface area contributed by atoms with Crippen LogP contribution in [0.15, 0.2) is 59.5 Å². The van der Waals surface area contributed by atoms with Crippen LogP contribution in [0.1, 0.15) is 5.56 Å². The summed E-state index contributed by atoms with van der Waals surface area (Å²) in [5.41, 5.74) is -0.113. The summed E-state index contributed by atoms with van der Waals surface area (Å²) in [6.07, 6.45) is -4.36. The molecular formula is C19H21F3N2O2S. The standard InChI is InChI=1S/C19H21F3N2O2S/c20-19(21,22)16-5-4-6-17(15-16)24-11-9-23(10-12-24)13-14-27(25,26)18-7-2-1-3-8-18/h1-8,15H,9-14H2. The van der Waals surface area contributed by atoms with Crippen LogP contribution in [0, 0.1) is 0 Å². The van der Waals surface area contributed by atoms with E-state index in [1.165, 1.54) is 6.07 Å². The lowest BCUT2D eigenvalue weighted by atomic mass is 10.1. The Morgan fingerprint density at radius 3 is 2.19 bits per heavy atom. The first kappa shape index (κ1) is 19.7. The van der Waals surface area contributed by atoms with Crippen LogP contribution < -0.4 is 4.90 Å². The lowest BCUT2D eigenvalue weighted by molar-refractivity contribution is -0.137. The summed E-state index contributed by atoms with van der Waals surface area (Å²) in [4.78, 5) is 4.25. The number of piperazine rings is 1. The van der Waals surface area contributed by atoms with E-state index in [0.717, 1.165) is 12.1 Å². The summed E-state index contributed by atoms with van der Waals surface area (Å²) in [7, 11) is -3.33. The first-order chi connectivity index (χ1) is 12.8. The Morgan fingerprint density at radius 2 is 1.56 bits per heavy atom. The molecule has 1 aliphatic rings. The number of hydrogen-bond donors (Lipinski definition) is 0. The van der Waals surface area contributed by atoms with Crippen LogP contribution in [0.5, 0.6) is 0 Å². The first-order valence-electron chi connectivity index (χ1n) is 8.68. The van der Waals surface area contributed by atoms with Gasteiger partial charge >= 0.3 is 6.18 Å². The topological polar surface area (TPSA) is 40.6 Å². The summed E-state index contributed by atoms with van der Waals surface area (Å²) in [6.45, 7) is 2.76. The number of anilines is 1. The maximum atomic E-state index is 12.9. The van der Waals surface area contributed by atoms with Crippen LogP contribution in [-0.2, 0) is 16.0 Å². The molecule has 2 aromatic rings. The molecule has 4 nitrogen and oxygen atoms in total. The van der Waals surface area contributed by atoms with E-state index in [-0.39, 0.29) is 5.75 Å². The molecular weight excluding hydrogens is 377 g/mol. The second kappa shape index (κ2) is 7.90. The molecule has 3 rings (SSSR count). The zero-order valence-electron chi connectivity index (χ0n) is 14.7. The number of sulfone groups is 1. The molecule has 0 N–H and O–H groups in total. The summed E-state index contributed by atoms with van der Waals surface area (Å²) in [5, 5.41) is 0. The third-order valence-corrected chi connectivity index (χ3v) is 6.40. The molecule has 0 unspecified atom stereocenters. The van der Waals surface area contributed by atoms with Gasteiger partial charge < -0.3 is 4.90 Å². The minimum atomic E-state index is -4.36. The Hall–Kier alpha value is -2.06. The van der Waals surface area contributed by atoms with Gasteiger partial charge in [0.2, 0.25) is 0 Å². The van der Waals surface area contributed by atoms with Crippen molar-refractivity contribution in [3.63, 3.8) is 0 Å². The molecule has 0 aromatic heterocycles. The van der Waals surface area contributed by atoms with Crippen molar-refractivity contribution in [1.29, 1.82) is 0 Å². The molecule has 0 amide bonds. The zero-order valence-corrected chi connectivity index (χ0v) is 15.5. The Labute approximate surface area is 157 Å². The van der Waals surface area contributed by atoms with Crippen molar-refractivity contribution in [2.24, 2.45) is 0 Å². The second-order valence-corrected chi connectivity index (χ2v) is 8.62. The predicted octanol–water partition coefficient (Wildman–Crippen LogP) is 3.30. The number of alkyl halides is 3. The van der Waals surface area contributed by atoms with Gasteiger partial charge in [-0.1, -0.05) is 24.3 Å². The summed E-state index contributed by atoms with van der Waals surface area (Å²) >= 11 is 0. The zero-order chi connectivity index (χ0) is 19.5. The third-order valence-electron chi connectivity index (χ3n) is 4.69. The smallest absolute Gasteiger partial charge is 0.369 e. The van der Waals surface area contributed by atoms with Crippen LogP contribution in [-0.4, -0.2) is 51.8 Å². The molecule has 0 radical (unpaired) electrons. The van der Waals surface area contributed by atoms with Crippen molar-refractivity contribution in [3.8, 4) is 0 Å². The highest BCUT2D eigenvalue weighted by Crippen LogP contribution is 2.31. The minimum absolute atomic E-state index is 0.0283. The lowest BCUT2D eigenvalue weighted by Crippen LogP contribution is -2.47. The lowest BCUT2D eigenvalue weighted by Gasteiger charge is -2.36. The average molecular weight is 398 g/mol. The summed E-state index contributed by atoms with van der Waals surface area (Å²) in [6, 6.07) is 13.6. The van der Waals surface area contributed by atoms with Crippen molar-refractivity contribution in [1.82, 2.24) is 4.90 Å². The van der Waals surface area contributed by atoms with Gasteiger partial charge in [0.1, 0.15) is 0 Å². The van der Waals surface area contributed by atoms with Crippen molar-refractivity contribution >= 4 is 15.5 Å². The van der Waals surface area contributed by atoms with E-state index in [2.05, 4.69) is 0 Å². The van der Waals surface area contributed by atoms with Gasteiger partial charge in [-0.25, -0.2) is 8.42 Å². The highest BCUT2D eigenvalue weighted by Gasteiger charge is 2.31. The molecule has 8 heteroatoms. The molecule has 146 valence electrons. The van der Waals surface area contributed by atoms with Crippen LogP contribution in [0.2, 0.25) is 0 Å².